The Labute approximate surface area is 158 Å². The number of esters is 1. The van der Waals surface area contributed by atoms with Crippen molar-refractivity contribution < 1.29 is 23.8 Å². The van der Waals surface area contributed by atoms with E-state index in [1.54, 1.807) is 31.3 Å². The molecule has 2 aromatic rings. The standard InChI is InChI=1S/C21H23NO5/c1-4-22(13-14-9-10-17(25-2)18(11-14)26-3)20(23)19-12-15-7-5-6-8-16(15)21(24)27-19/h5-11,19H,4,12-13H2,1-3H3/t19-/m0/s1. The van der Waals surface area contributed by atoms with E-state index in [1.165, 1.54) is 0 Å². The van der Waals surface area contributed by atoms with Gasteiger partial charge < -0.3 is 19.1 Å². The van der Waals surface area contributed by atoms with Crippen molar-refractivity contribution in [1.82, 2.24) is 4.90 Å². The van der Waals surface area contributed by atoms with E-state index in [2.05, 4.69) is 0 Å². The largest absolute Gasteiger partial charge is 0.493 e. The highest BCUT2D eigenvalue weighted by Crippen LogP contribution is 2.28. The number of likely N-dealkylation sites (N-methyl/N-ethyl adjacent to an activating group) is 1. The van der Waals surface area contributed by atoms with Gasteiger partial charge in [-0.15, -0.1) is 0 Å². The summed E-state index contributed by atoms with van der Waals surface area (Å²) in [5, 5.41) is 0. The Morgan fingerprint density at radius 3 is 2.59 bits per heavy atom. The number of cyclic esters (lactones) is 1. The molecule has 2 aromatic carbocycles. The van der Waals surface area contributed by atoms with Crippen LogP contribution < -0.4 is 9.47 Å². The zero-order valence-corrected chi connectivity index (χ0v) is 15.7. The van der Waals surface area contributed by atoms with Crippen molar-refractivity contribution in [2.75, 3.05) is 20.8 Å². The number of carbonyl (C=O) groups is 2. The summed E-state index contributed by atoms with van der Waals surface area (Å²) in [6.45, 7) is 2.80. The summed E-state index contributed by atoms with van der Waals surface area (Å²) in [7, 11) is 3.15. The fraction of sp³-hybridized carbons (Fsp3) is 0.333. The Balaban J connectivity index is 1.76. The summed E-state index contributed by atoms with van der Waals surface area (Å²) >= 11 is 0. The first-order valence-electron chi connectivity index (χ1n) is 8.86. The van der Waals surface area contributed by atoms with Gasteiger partial charge >= 0.3 is 5.97 Å². The van der Waals surface area contributed by atoms with Crippen LogP contribution in [-0.4, -0.2) is 43.6 Å². The van der Waals surface area contributed by atoms with Crippen molar-refractivity contribution in [2.45, 2.75) is 26.0 Å². The molecule has 0 aliphatic carbocycles. The minimum atomic E-state index is -0.799. The summed E-state index contributed by atoms with van der Waals surface area (Å²) < 4.78 is 16.0. The molecule has 1 atom stereocenters. The maximum Gasteiger partial charge on any atom is 0.339 e. The van der Waals surface area contributed by atoms with Crippen LogP contribution in [-0.2, 0) is 22.5 Å². The molecule has 0 aromatic heterocycles. The molecule has 1 heterocycles. The van der Waals surface area contributed by atoms with Crippen LogP contribution >= 0.6 is 0 Å². The monoisotopic (exact) mass is 369 g/mol. The van der Waals surface area contributed by atoms with Gasteiger partial charge in [0, 0.05) is 19.5 Å². The number of amides is 1. The van der Waals surface area contributed by atoms with Gasteiger partial charge in [-0.1, -0.05) is 24.3 Å². The molecule has 1 amide bonds. The Bertz CT molecular complexity index is 848. The van der Waals surface area contributed by atoms with Crippen LogP contribution in [0.1, 0.15) is 28.4 Å². The number of benzene rings is 2. The third kappa shape index (κ3) is 3.89. The Morgan fingerprint density at radius 2 is 1.89 bits per heavy atom. The summed E-state index contributed by atoms with van der Waals surface area (Å²) in [4.78, 5) is 26.8. The van der Waals surface area contributed by atoms with Crippen molar-refractivity contribution >= 4 is 11.9 Å². The zero-order valence-electron chi connectivity index (χ0n) is 15.7. The van der Waals surface area contributed by atoms with Gasteiger partial charge in [0.25, 0.3) is 5.91 Å². The number of rotatable bonds is 6. The summed E-state index contributed by atoms with van der Waals surface area (Å²) in [5.74, 6) is 0.595. The number of ether oxygens (including phenoxy) is 3. The fourth-order valence-corrected chi connectivity index (χ4v) is 3.22. The van der Waals surface area contributed by atoms with Gasteiger partial charge in [0.2, 0.25) is 0 Å². The normalized spacial score (nSPS) is 15.5. The van der Waals surface area contributed by atoms with E-state index in [4.69, 9.17) is 14.2 Å². The minimum Gasteiger partial charge on any atom is -0.493 e. The lowest BCUT2D eigenvalue weighted by Gasteiger charge is -2.29. The highest BCUT2D eigenvalue weighted by molar-refractivity contribution is 5.95. The van der Waals surface area contributed by atoms with Crippen LogP contribution in [0.15, 0.2) is 42.5 Å². The second kappa shape index (κ2) is 8.12. The summed E-state index contributed by atoms with van der Waals surface area (Å²) in [5.41, 5.74) is 2.28. The quantitative estimate of drug-likeness (QED) is 0.733. The van der Waals surface area contributed by atoms with E-state index < -0.39 is 12.1 Å². The molecule has 0 spiro atoms. The van der Waals surface area contributed by atoms with Crippen LogP contribution in [0.3, 0.4) is 0 Å². The molecule has 1 aliphatic rings. The Kier molecular flexibility index (Phi) is 5.64. The lowest BCUT2D eigenvalue weighted by Crippen LogP contribution is -2.44. The maximum atomic E-state index is 13.0. The number of fused-ring (bicyclic) bond motifs is 1. The highest BCUT2D eigenvalue weighted by Gasteiger charge is 2.33. The van der Waals surface area contributed by atoms with Crippen LogP contribution in [0, 0.1) is 0 Å². The molecule has 0 saturated heterocycles. The van der Waals surface area contributed by atoms with E-state index in [0.29, 0.717) is 36.6 Å². The molecule has 6 heteroatoms. The lowest BCUT2D eigenvalue weighted by molar-refractivity contribution is -0.141. The molecule has 0 saturated carbocycles. The first-order chi connectivity index (χ1) is 13.1. The summed E-state index contributed by atoms with van der Waals surface area (Å²) in [6, 6.07) is 12.8. The molecule has 0 N–H and O–H groups in total. The van der Waals surface area contributed by atoms with E-state index in [-0.39, 0.29) is 5.91 Å². The number of hydrogen-bond acceptors (Lipinski definition) is 5. The number of carbonyl (C=O) groups excluding carboxylic acids is 2. The van der Waals surface area contributed by atoms with Crippen molar-refractivity contribution in [1.29, 1.82) is 0 Å². The van der Waals surface area contributed by atoms with Crippen LogP contribution in [0.4, 0.5) is 0 Å². The number of methoxy groups -OCH3 is 2. The number of hydrogen-bond donors (Lipinski definition) is 0. The van der Waals surface area contributed by atoms with Crippen molar-refractivity contribution in [3.05, 3.63) is 59.2 Å². The maximum absolute atomic E-state index is 13.0. The van der Waals surface area contributed by atoms with Crippen LogP contribution in [0.25, 0.3) is 0 Å². The van der Waals surface area contributed by atoms with Crippen molar-refractivity contribution in [3.63, 3.8) is 0 Å². The molecule has 0 unspecified atom stereocenters. The molecule has 3 rings (SSSR count). The predicted octanol–water partition coefficient (Wildman–Crippen LogP) is 2.83. The molecule has 27 heavy (non-hydrogen) atoms. The third-order valence-electron chi connectivity index (χ3n) is 4.68. The number of nitrogens with zero attached hydrogens (tertiary/aromatic N) is 1. The van der Waals surface area contributed by atoms with Crippen molar-refractivity contribution in [2.24, 2.45) is 0 Å². The third-order valence-corrected chi connectivity index (χ3v) is 4.68. The van der Waals surface area contributed by atoms with Gasteiger partial charge in [-0.05, 0) is 36.2 Å². The average molecular weight is 369 g/mol. The molecule has 0 bridgehead atoms. The Hall–Kier alpha value is -3.02. The van der Waals surface area contributed by atoms with Gasteiger partial charge in [0.15, 0.2) is 17.6 Å². The molecule has 0 fully saturated rings. The second-order valence-corrected chi connectivity index (χ2v) is 6.30. The van der Waals surface area contributed by atoms with Gasteiger partial charge in [-0.2, -0.15) is 0 Å². The van der Waals surface area contributed by atoms with E-state index >= 15 is 0 Å². The van der Waals surface area contributed by atoms with Crippen LogP contribution in [0.5, 0.6) is 11.5 Å². The van der Waals surface area contributed by atoms with E-state index in [0.717, 1.165) is 11.1 Å². The van der Waals surface area contributed by atoms with E-state index in [1.807, 2.05) is 37.3 Å². The molecular formula is C21H23NO5. The molecule has 1 aliphatic heterocycles. The minimum absolute atomic E-state index is 0.199. The van der Waals surface area contributed by atoms with Gasteiger partial charge in [-0.3, -0.25) is 4.79 Å². The zero-order chi connectivity index (χ0) is 19.4. The fourth-order valence-electron chi connectivity index (χ4n) is 3.22. The second-order valence-electron chi connectivity index (χ2n) is 6.30. The van der Waals surface area contributed by atoms with E-state index in [9.17, 15) is 9.59 Å². The lowest BCUT2D eigenvalue weighted by atomic mass is 9.98. The molecule has 0 radical (unpaired) electrons. The molecule has 6 nitrogen and oxygen atoms in total. The first-order valence-corrected chi connectivity index (χ1v) is 8.86. The first kappa shape index (κ1) is 18.8. The average Bonchev–Trinajstić information content (AvgIpc) is 2.71. The smallest absolute Gasteiger partial charge is 0.339 e. The van der Waals surface area contributed by atoms with Gasteiger partial charge in [-0.25, -0.2) is 4.79 Å². The summed E-state index contributed by atoms with van der Waals surface area (Å²) in [6.07, 6.45) is -0.407. The Morgan fingerprint density at radius 1 is 1.15 bits per heavy atom. The molecular weight excluding hydrogens is 346 g/mol. The molecule has 142 valence electrons. The highest BCUT2D eigenvalue weighted by atomic mass is 16.5. The topological polar surface area (TPSA) is 65.1 Å². The SMILES string of the molecule is CCN(Cc1ccc(OC)c(OC)c1)C(=O)[C@@H]1Cc2ccccc2C(=O)O1. The van der Waals surface area contributed by atoms with Gasteiger partial charge in [0.1, 0.15) is 0 Å². The van der Waals surface area contributed by atoms with Crippen LogP contribution in [0.2, 0.25) is 0 Å². The predicted molar refractivity (Wildman–Crippen MR) is 100.0 cm³/mol. The van der Waals surface area contributed by atoms with Crippen molar-refractivity contribution in [3.8, 4) is 11.5 Å². The van der Waals surface area contributed by atoms with Gasteiger partial charge in [0.05, 0.1) is 19.8 Å².